The van der Waals surface area contributed by atoms with Crippen LogP contribution in [-0.4, -0.2) is 19.1 Å². The van der Waals surface area contributed by atoms with Gasteiger partial charge >= 0.3 is 6.61 Å². The quantitative estimate of drug-likeness (QED) is 0.818. The summed E-state index contributed by atoms with van der Waals surface area (Å²) in [6.45, 7) is -2.99. The summed E-state index contributed by atoms with van der Waals surface area (Å²) in [6.07, 6.45) is 0. The van der Waals surface area contributed by atoms with Gasteiger partial charge in [-0.25, -0.2) is 4.39 Å². The van der Waals surface area contributed by atoms with Gasteiger partial charge < -0.3 is 14.8 Å². The summed E-state index contributed by atoms with van der Waals surface area (Å²) in [7, 11) is 0. The van der Waals surface area contributed by atoms with Gasteiger partial charge in [-0.15, -0.1) is 0 Å². The number of amides is 1. The molecule has 2 aromatic carbocycles. The molecule has 0 atom stereocenters. The lowest BCUT2D eigenvalue weighted by Gasteiger charge is -2.09. The Labute approximate surface area is 141 Å². The third-order valence-corrected chi connectivity index (χ3v) is 3.19. The molecule has 4 nitrogen and oxygen atoms in total. The predicted octanol–water partition coefficient (Wildman–Crippen LogP) is 3.78. The molecule has 0 spiro atoms. The standard InChI is InChI=1S/C16H13ClF3NO3/c17-13-7-11(18)3-6-14(13)23-9-15(22)21-8-10-1-4-12(5-2-10)24-16(19)20/h1-7,16H,8-9H2,(H,21,22). The Balaban J connectivity index is 1.78. The lowest BCUT2D eigenvalue weighted by Crippen LogP contribution is -2.28. The Hall–Kier alpha value is -2.41. The van der Waals surface area contributed by atoms with E-state index in [0.717, 1.165) is 6.07 Å². The number of carbonyl (C=O) groups excluding carboxylic acids is 1. The van der Waals surface area contributed by atoms with Crippen molar-refractivity contribution in [1.29, 1.82) is 0 Å². The molecular formula is C16H13ClF3NO3. The van der Waals surface area contributed by atoms with E-state index in [1.165, 1.54) is 24.3 Å². The topological polar surface area (TPSA) is 47.6 Å². The predicted molar refractivity (Wildman–Crippen MR) is 81.8 cm³/mol. The van der Waals surface area contributed by atoms with E-state index in [2.05, 4.69) is 10.1 Å². The van der Waals surface area contributed by atoms with Crippen LogP contribution in [0.2, 0.25) is 5.02 Å². The average Bonchev–Trinajstić information content (AvgIpc) is 2.53. The molecule has 0 unspecified atom stereocenters. The Morgan fingerprint density at radius 1 is 1.17 bits per heavy atom. The summed E-state index contributed by atoms with van der Waals surface area (Å²) in [5, 5.41) is 2.66. The molecule has 0 radical (unpaired) electrons. The highest BCUT2D eigenvalue weighted by atomic mass is 35.5. The number of halogens is 4. The van der Waals surface area contributed by atoms with Crippen LogP contribution in [0.3, 0.4) is 0 Å². The molecule has 0 aliphatic heterocycles. The fraction of sp³-hybridized carbons (Fsp3) is 0.188. The van der Waals surface area contributed by atoms with Gasteiger partial charge in [0, 0.05) is 6.54 Å². The average molecular weight is 360 g/mol. The van der Waals surface area contributed by atoms with Gasteiger partial charge in [-0.3, -0.25) is 4.79 Å². The Morgan fingerprint density at radius 2 is 1.88 bits per heavy atom. The van der Waals surface area contributed by atoms with Gasteiger partial charge in [0.15, 0.2) is 6.61 Å². The van der Waals surface area contributed by atoms with Crippen molar-refractivity contribution in [2.75, 3.05) is 6.61 Å². The number of nitrogens with one attached hydrogen (secondary N) is 1. The van der Waals surface area contributed by atoms with Gasteiger partial charge in [0.25, 0.3) is 5.91 Å². The summed E-state index contributed by atoms with van der Waals surface area (Å²) in [5.41, 5.74) is 0.699. The zero-order valence-electron chi connectivity index (χ0n) is 12.3. The van der Waals surface area contributed by atoms with Crippen molar-refractivity contribution in [1.82, 2.24) is 5.32 Å². The van der Waals surface area contributed by atoms with Crippen molar-refractivity contribution in [3.63, 3.8) is 0 Å². The molecule has 128 valence electrons. The minimum absolute atomic E-state index is 0.0364. The van der Waals surface area contributed by atoms with Crippen LogP contribution < -0.4 is 14.8 Å². The van der Waals surface area contributed by atoms with Crippen LogP contribution in [0.15, 0.2) is 42.5 Å². The van der Waals surface area contributed by atoms with Crippen molar-refractivity contribution in [3.05, 3.63) is 58.9 Å². The third-order valence-electron chi connectivity index (χ3n) is 2.89. The van der Waals surface area contributed by atoms with E-state index in [1.54, 1.807) is 12.1 Å². The molecule has 0 heterocycles. The van der Waals surface area contributed by atoms with E-state index in [-0.39, 0.29) is 29.7 Å². The zero-order valence-corrected chi connectivity index (χ0v) is 13.0. The fourth-order valence-electron chi connectivity index (χ4n) is 1.78. The molecular weight excluding hydrogens is 347 g/mol. The number of hydrogen-bond acceptors (Lipinski definition) is 3. The first kappa shape index (κ1) is 17.9. The molecule has 8 heteroatoms. The van der Waals surface area contributed by atoms with Gasteiger partial charge in [-0.2, -0.15) is 8.78 Å². The first-order valence-electron chi connectivity index (χ1n) is 6.82. The number of hydrogen-bond donors (Lipinski definition) is 1. The summed E-state index contributed by atoms with van der Waals surface area (Å²) in [5.74, 6) is -0.685. The van der Waals surface area contributed by atoms with Crippen LogP contribution in [0.5, 0.6) is 11.5 Å². The Morgan fingerprint density at radius 3 is 2.50 bits per heavy atom. The number of benzene rings is 2. The SMILES string of the molecule is O=C(COc1ccc(F)cc1Cl)NCc1ccc(OC(F)F)cc1. The lowest BCUT2D eigenvalue weighted by molar-refractivity contribution is -0.123. The minimum atomic E-state index is -2.88. The van der Waals surface area contributed by atoms with Gasteiger partial charge in [0.2, 0.25) is 0 Å². The van der Waals surface area contributed by atoms with E-state index >= 15 is 0 Å². The summed E-state index contributed by atoms with van der Waals surface area (Å²) in [6, 6.07) is 9.43. The molecule has 0 fully saturated rings. The Kier molecular flexibility index (Phi) is 6.31. The highest BCUT2D eigenvalue weighted by Crippen LogP contribution is 2.24. The molecule has 0 bridgehead atoms. The molecule has 24 heavy (non-hydrogen) atoms. The molecule has 0 saturated heterocycles. The highest BCUT2D eigenvalue weighted by molar-refractivity contribution is 6.32. The number of ether oxygens (including phenoxy) is 2. The van der Waals surface area contributed by atoms with Crippen LogP contribution in [0, 0.1) is 5.82 Å². The van der Waals surface area contributed by atoms with Gasteiger partial charge in [-0.1, -0.05) is 23.7 Å². The van der Waals surface area contributed by atoms with Crippen molar-refractivity contribution >= 4 is 17.5 Å². The lowest BCUT2D eigenvalue weighted by atomic mass is 10.2. The molecule has 0 aromatic heterocycles. The first-order valence-corrected chi connectivity index (χ1v) is 7.20. The molecule has 0 aliphatic carbocycles. The van der Waals surface area contributed by atoms with E-state index in [9.17, 15) is 18.0 Å². The number of rotatable bonds is 7. The number of carbonyl (C=O) groups is 1. The molecule has 1 amide bonds. The maximum absolute atomic E-state index is 12.9. The molecule has 0 aliphatic rings. The van der Waals surface area contributed by atoms with Crippen LogP contribution >= 0.6 is 11.6 Å². The maximum atomic E-state index is 12.9. The van der Waals surface area contributed by atoms with Crippen LogP contribution in [-0.2, 0) is 11.3 Å². The van der Waals surface area contributed by atoms with Crippen molar-refractivity contribution in [2.24, 2.45) is 0 Å². The molecule has 2 aromatic rings. The van der Waals surface area contributed by atoms with Crippen LogP contribution in [0.1, 0.15) is 5.56 Å². The first-order chi connectivity index (χ1) is 11.4. The molecule has 1 N–H and O–H groups in total. The maximum Gasteiger partial charge on any atom is 0.387 e. The smallest absolute Gasteiger partial charge is 0.387 e. The number of alkyl halides is 2. The van der Waals surface area contributed by atoms with Crippen molar-refractivity contribution in [3.8, 4) is 11.5 Å². The van der Waals surface area contributed by atoms with E-state index in [4.69, 9.17) is 16.3 Å². The normalized spacial score (nSPS) is 10.5. The largest absolute Gasteiger partial charge is 0.482 e. The van der Waals surface area contributed by atoms with Crippen molar-refractivity contribution in [2.45, 2.75) is 13.2 Å². The van der Waals surface area contributed by atoms with E-state index < -0.39 is 18.3 Å². The fourth-order valence-corrected chi connectivity index (χ4v) is 2.00. The second kappa shape index (κ2) is 8.44. The van der Waals surface area contributed by atoms with Gasteiger partial charge in [-0.05, 0) is 35.9 Å². The summed E-state index contributed by atoms with van der Waals surface area (Å²) >= 11 is 5.77. The highest BCUT2D eigenvalue weighted by Gasteiger charge is 2.07. The van der Waals surface area contributed by atoms with Gasteiger partial charge in [0.1, 0.15) is 17.3 Å². The second-order valence-corrected chi connectivity index (χ2v) is 5.07. The van der Waals surface area contributed by atoms with Gasteiger partial charge in [0.05, 0.1) is 5.02 Å². The Bertz CT molecular complexity index is 695. The van der Waals surface area contributed by atoms with Crippen LogP contribution in [0.4, 0.5) is 13.2 Å². The summed E-state index contributed by atoms with van der Waals surface area (Å²) in [4.78, 5) is 11.7. The van der Waals surface area contributed by atoms with Crippen molar-refractivity contribution < 1.29 is 27.4 Å². The second-order valence-electron chi connectivity index (χ2n) is 4.66. The van der Waals surface area contributed by atoms with E-state index in [1.807, 2.05) is 0 Å². The zero-order chi connectivity index (χ0) is 17.5. The third kappa shape index (κ3) is 5.66. The summed E-state index contributed by atoms with van der Waals surface area (Å²) < 4.78 is 46.3. The van der Waals surface area contributed by atoms with E-state index in [0.29, 0.717) is 5.56 Å². The molecule has 2 rings (SSSR count). The minimum Gasteiger partial charge on any atom is -0.482 e. The molecule has 0 saturated carbocycles. The monoisotopic (exact) mass is 359 g/mol. The van der Waals surface area contributed by atoms with Crippen LogP contribution in [0.25, 0.3) is 0 Å².